The highest BCUT2D eigenvalue weighted by atomic mass is 16.3. The van der Waals surface area contributed by atoms with Crippen LogP contribution in [0.3, 0.4) is 0 Å². The van der Waals surface area contributed by atoms with E-state index < -0.39 is 6.10 Å². The molecule has 1 atom stereocenters. The zero-order chi connectivity index (χ0) is 13.7. The first-order valence-corrected chi connectivity index (χ1v) is 6.23. The molecule has 1 aromatic rings. The van der Waals surface area contributed by atoms with Crippen molar-refractivity contribution in [1.82, 2.24) is 9.88 Å². The second kappa shape index (κ2) is 6.32. The minimum atomic E-state index is -0.452. The Kier molecular flexibility index (Phi) is 4.50. The minimum absolute atomic E-state index is 0.150. The quantitative estimate of drug-likeness (QED) is 0.698. The predicted octanol–water partition coefficient (Wildman–Crippen LogP) is 0.0223. The molecule has 0 spiro atoms. The number of aromatic nitrogens is 1. The highest BCUT2D eigenvalue weighted by Gasteiger charge is 2.24. The average Bonchev–Trinajstić information content (AvgIpc) is 2.44. The number of aliphatic hydroxyl groups excluding tert-OH is 2. The molecule has 1 aromatic heterocycles. The molecule has 5 heteroatoms. The molecule has 1 saturated heterocycles. The number of aliphatic hydroxyl groups is 2. The normalized spacial score (nSPS) is 18.6. The van der Waals surface area contributed by atoms with Crippen molar-refractivity contribution in [3.05, 3.63) is 29.6 Å². The molecule has 100 valence electrons. The molecule has 0 aliphatic carbocycles. The van der Waals surface area contributed by atoms with Gasteiger partial charge in [0, 0.05) is 25.5 Å². The summed E-state index contributed by atoms with van der Waals surface area (Å²) < 4.78 is 0. The van der Waals surface area contributed by atoms with Gasteiger partial charge in [0.1, 0.15) is 6.61 Å². The van der Waals surface area contributed by atoms with Gasteiger partial charge in [-0.1, -0.05) is 11.8 Å². The van der Waals surface area contributed by atoms with Crippen LogP contribution in [0.5, 0.6) is 0 Å². The lowest BCUT2D eigenvalue weighted by Gasteiger charge is -2.30. The third-order valence-electron chi connectivity index (χ3n) is 3.04. The lowest BCUT2D eigenvalue weighted by molar-refractivity contribution is 0.0473. The number of β-amino-alcohol motifs (C(OH)–C–C–N with tert-alkyl or cyclic N) is 1. The fourth-order valence-corrected chi connectivity index (χ4v) is 2.12. The molecule has 2 heterocycles. The standard InChI is InChI=1S/C14H16N2O3/c17-8-2-3-11-9-15-6-5-13(11)14(19)16-7-1-4-12(18)10-16/h5-6,9,12,17-18H,1,4,7-8,10H2. The van der Waals surface area contributed by atoms with Crippen LogP contribution in [0.4, 0.5) is 0 Å². The first-order chi connectivity index (χ1) is 9.22. The summed E-state index contributed by atoms with van der Waals surface area (Å²) in [4.78, 5) is 18.0. The van der Waals surface area contributed by atoms with Gasteiger partial charge in [0.05, 0.1) is 17.2 Å². The summed E-state index contributed by atoms with van der Waals surface area (Å²) >= 11 is 0. The first-order valence-electron chi connectivity index (χ1n) is 6.23. The lowest BCUT2D eigenvalue weighted by atomic mass is 10.1. The number of carbonyl (C=O) groups is 1. The average molecular weight is 260 g/mol. The van der Waals surface area contributed by atoms with Crippen molar-refractivity contribution >= 4 is 5.91 Å². The van der Waals surface area contributed by atoms with Gasteiger partial charge in [-0.05, 0) is 18.9 Å². The number of nitrogens with zero attached hydrogens (tertiary/aromatic N) is 2. The number of pyridine rings is 1. The SMILES string of the molecule is O=C(c1ccncc1C#CCO)N1CCCC(O)C1. The Morgan fingerprint density at radius 3 is 3.16 bits per heavy atom. The number of piperidine rings is 1. The van der Waals surface area contributed by atoms with Crippen molar-refractivity contribution < 1.29 is 15.0 Å². The van der Waals surface area contributed by atoms with Crippen LogP contribution >= 0.6 is 0 Å². The van der Waals surface area contributed by atoms with E-state index in [9.17, 15) is 9.90 Å². The van der Waals surface area contributed by atoms with Gasteiger partial charge in [0.25, 0.3) is 5.91 Å². The molecule has 1 amide bonds. The predicted molar refractivity (Wildman–Crippen MR) is 69.3 cm³/mol. The van der Waals surface area contributed by atoms with Crippen LogP contribution in [0.25, 0.3) is 0 Å². The van der Waals surface area contributed by atoms with Crippen molar-refractivity contribution in [2.24, 2.45) is 0 Å². The van der Waals surface area contributed by atoms with E-state index in [0.29, 0.717) is 24.2 Å². The fourth-order valence-electron chi connectivity index (χ4n) is 2.12. The molecular formula is C14H16N2O3. The molecule has 0 bridgehead atoms. The van der Waals surface area contributed by atoms with Crippen LogP contribution in [0.2, 0.25) is 0 Å². The van der Waals surface area contributed by atoms with Gasteiger partial charge in [-0.2, -0.15) is 0 Å². The van der Waals surface area contributed by atoms with Gasteiger partial charge in [-0.3, -0.25) is 9.78 Å². The third-order valence-corrected chi connectivity index (χ3v) is 3.04. The number of likely N-dealkylation sites (tertiary alicyclic amines) is 1. The van der Waals surface area contributed by atoms with Crippen LogP contribution in [0, 0.1) is 11.8 Å². The minimum Gasteiger partial charge on any atom is -0.391 e. The molecule has 5 nitrogen and oxygen atoms in total. The van der Waals surface area contributed by atoms with Gasteiger partial charge in [0.15, 0.2) is 0 Å². The number of hydrogen-bond donors (Lipinski definition) is 2. The Hall–Kier alpha value is -1.90. The molecule has 1 fully saturated rings. The van der Waals surface area contributed by atoms with Crippen molar-refractivity contribution in [3.8, 4) is 11.8 Å². The van der Waals surface area contributed by atoms with E-state index in [0.717, 1.165) is 12.8 Å². The summed E-state index contributed by atoms with van der Waals surface area (Å²) in [5.74, 6) is 5.09. The molecule has 2 rings (SSSR count). The Bertz CT molecular complexity index is 519. The second-order valence-corrected chi connectivity index (χ2v) is 4.43. The summed E-state index contributed by atoms with van der Waals surface area (Å²) in [7, 11) is 0. The number of hydrogen-bond acceptors (Lipinski definition) is 4. The summed E-state index contributed by atoms with van der Waals surface area (Å²) in [6.07, 6.45) is 4.13. The Labute approximate surface area is 111 Å². The van der Waals surface area contributed by atoms with E-state index in [2.05, 4.69) is 16.8 Å². The zero-order valence-corrected chi connectivity index (χ0v) is 10.5. The Morgan fingerprint density at radius 2 is 2.42 bits per heavy atom. The maximum absolute atomic E-state index is 12.4. The highest BCUT2D eigenvalue weighted by Crippen LogP contribution is 2.15. The van der Waals surface area contributed by atoms with E-state index in [1.54, 1.807) is 11.0 Å². The molecule has 2 N–H and O–H groups in total. The smallest absolute Gasteiger partial charge is 0.255 e. The molecule has 1 aliphatic rings. The van der Waals surface area contributed by atoms with Crippen molar-refractivity contribution in [1.29, 1.82) is 0 Å². The Morgan fingerprint density at radius 1 is 1.58 bits per heavy atom. The van der Waals surface area contributed by atoms with Crippen LogP contribution in [0.15, 0.2) is 18.5 Å². The van der Waals surface area contributed by atoms with Crippen molar-refractivity contribution in [2.45, 2.75) is 18.9 Å². The van der Waals surface area contributed by atoms with Crippen LogP contribution in [0.1, 0.15) is 28.8 Å². The van der Waals surface area contributed by atoms with E-state index in [1.165, 1.54) is 12.4 Å². The summed E-state index contributed by atoms with van der Waals surface area (Å²) in [6, 6.07) is 1.62. The summed E-state index contributed by atoms with van der Waals surface area (Å²) in [6.45, 7) is 0.740. The molecule has 0 aromatic carbocycles. The maximum Gasteiger partial charge on any atom is 0.255 e. The van der Waals surface area contributed by atoms with Gasteiger partial charge < -0.3 is 15.1 Å². The topological polar surface area (TPSA) is 73.7 Å². The number of rotatable bonds is 1. The van der Waals surface area contributed by atoms with E-state index >= 15 is 0 Å². The van der Waals surface area contributed by atoms with Crippen molar-refractivity contribution in [2.75, 3.05) is 19.7 Å². The highest BCUT2D eigenvalue weighted by molar-refractivity contribution is 5.96. The van der Waals surface area contributed by atoms with Gasteiger partial charge >= 0.3 is 0 Å². The van der Waals surface area contributed by atoms with E-state index in [1.807, 2.05) is 0 Å². The molecular weight excluding hydrogens is 244 g/mol. The Balaban J connectivity index is 2.23. The van der Waals surface area contributed by atoms with Crippen LogP contribution in [-0.4, -0.2) is 51.8 Å². The van der Waals surface area contributed by atoms with Crippen LogP contribution < -0.4 is 0 Å². The van der Waals surface area contributed by atoms with Gasteiger partial charge in [0.2, 0.25) is 0 Å². The lowest BCUT2D eigenvalue weighted by Crippen LogP contribution is -2.42. The van der Waals surface area contributed by atoms with Crippen LogP contribution in [-0.2, 0) is 0 Å². The monoisotopic (exact) mass is 260 g/mol. The molecule has 0 saturated carbocycles. The summed E-state index contributed by atoms with van der Waals surface area (Å²) in [5.41, 5.74) is 0.965. The second-order valence-electron chi connectivity index (χ2n) is 4.43. The number of amides is 1. The fraction of sp³-hybridized carbons (Fsp3) is 0.429. The summed E-state index contributed by atoms with van der Waals surface area (Å²) in [5, 5.41) is 18.3. The maximum atomic E-state index is 12.4. The molecule has 1 aliphatic heterocycles. The van der Waals surface area contributed by atoms with Gasteiger partial charge in [-0.25, -0.2) is 0 Å². The molecule has 19 heavy (non-hydrogen) atoms. The molecule has 1 unspecified atom stereocenters. The molecule has 0 radical (unpaired) electrons. The third kappa shape index (κ3) is 3.31. The van der Waals surface area contributed by atoms with E-state index in [4.69, 9.17) is 5.11 Å². The van der Waals surface area contributed by atoms with Crippen molar-refractivity contribution in [3.63, 3.8) is 0 Å². The number of carbonyl (C=O) groups excluding carboxylic acids is 1. The van der Waals surface area contributed by atoms with E-state index in [-0.39, 0.29) is 12.5 Å². The first kappa shape index (κ1) is 13.5. The zero-order valence-electron chi connectivity index (χ0n) is 10.5. The van der Waals surface area contributed by atoms with Gasteiger partial charge in [-0.15, -0.1) is 0 Å². The largest absolute Gasteiger partial charge is 0.391 e.